The van der Waals surface area contributed by atoms with Crippen molar-refractivity contribution in [3.63, 3.8) is 0 Å². The first kappa shape index (κ1) is 13.9. The maximum absolute atomic E-state index is 11.9. The van der Waals surface area contributed by atoms with Crippen LogP contribution >= 0.6 is 0 Å². The third-order valence-electron chi connectivity index (χ3n) is 2.77. The summed E-state index contributed by atoms with van der Waals surface area (Å²) in [5.74, 6) is 0.268. The van der Waals surface area contributed by atoms with Gasteiger partial charge in [0.2, 0.25) is 5.91 Å². The summed E-state index contributed by atoms with van der Waals surface area (Å²) in [4.78, 5) is 32.0. The average Bonchev–Trinajstić information content (AvgIpc) is 3.10. The zero-order chi connectivity index (χ0) is 14.5. The monoisotopic (exact) mass is 276 g/mol. The molecule has 0 aliphatic heterocycles. The van der Waals surface area contributed by atoms with Crippen molar-refractivity contribution in [3.05, 3.63) is 42.4 Å². The van der Waals surface area contributed by atoms with Gasteiger partial charge in [-0.25, -0.2) is 4.98 Å². The first-order valence-electron chi connectivity index (χ1n) is 6.15. The molecule has 7 heteroatoms. The Labute approximate surface area is 116 Å². The summed E-state index contributed by atoms with van der Waals surface area (Å²) < 4.78 is 5.00. The van der Waals surface area contributed by atoms with E-state index >= 15 is 0 Å². The fourth-order valence-electron chi connectivity index (χ4n) is 1.75. The Balaban J connectivity index is 1.86. The number of hydrogen-bond acceptors (Lipinski definition) is 4. The number of imidazole rings is 1. The van der Waals surface area contributed by atoms with Crippen LogP contribution in [-0.2, 0) is 4.79 Å². The number of H-pyrrole nitrogens is 1. The van der Waals surface area contributed by atoms with Crippen LogP contribution in [0.1, 0.15) is 29.3 Å². The van der Waals surface area contributed by atoms with Crippen molar-refractivity contribution in [2.24, 2.45) is 0 Å². The Morgan fingerprint density at radius 1 is 1.55 bits per heavy atom. The summed E-state index contributed by atoms with van der Waals surface area (Å²) in [6.45, 7) is 1.76. The number of nitrogens with one attached hydrogen (secondary N) is 2. The third kappa shape index (κ3) is 3.25. The average molecular weight is 276 g/mol. The van der Waals surface area contributed by atoms with E-state index in [1.165, 1.54) is 11.2 Å². The number of likely N-dealkylation sites (N-methyl/N-ethyl adjacent to an activating group) is 1. The highest BCUT2D eigenvalue weighted by Gasteiger charge is 2.18. The van der Waals surface area contributed by atoms with Gasteiger partial charge in [0.25, 0.3) is 5.91 Å². The molecule has 7 nitrogen and oxygen atoms in total. The quantitative estimate of drug-likeness (QED) is 0.850. The number of carbonyl (C=O) groups is 2. The molecule has 0 fully saturated rings. The molecule has 0 bridgehead atoms. The molecule has 0 saturated carbocycles. The molecule has 0 aliphatic rings. The predicted octanol–water partition coefficient (Wildman–Crippen LogP) is 0.952. The summed E-state index contributed by atoms with van der Waals surface area (Å²) in [7, 11) is 1.54. The lowest BCUT2D eigenvalue weighted by Gasteiger charge is -2.17. The molecule has 1 unspecified atom stereocenters. The summed E-state index contributed by atoms with van der Waals surface area (Å²) in [5, 5.41) is 2.76. The van der Waals surface area contributed by atoms with E-state index in [2.05, 4.69) is 15.3 Å². The Kier molecular flexibility index (Phi) is 4.19. The summed E-state index contributed by atoms with van der Waals surface area (Å²) >= 11 is 0. The van der Waals surface area contributed by atoms with Crippen molar-refractivity contribution in [1.29, 1.82) is 0 Å². The number of carbonyl (C=O) groups excluding carboxylic acids is 2. The van der Waals surface area contributed by atoms with Gasteiger partial charge in [0.15, 0.2) is 5.76 Å². The van der Waals surface area contributed by atoms with Gasteiger partial charge in [-0.2, -0.15) is 0 Å². The second kappa shape index (κ2) is 6.05. The molecule has 2 amide bonds. The molecule has 2 aromatic rings. The summed E-state index contributed by atoms with van der Waals surface area (Å²) in [5.41, 5.74) is 0. The molecular formula is C13H16N4O3. The van der Waals surface area contributed by atoms with Gasteiger partial charge < -0.3 is 19.6 Å². The van der Waals surface area contributed by atoms with E-state index in [0.29, 0.717) is 5.82 Å². The van der Waals surface area contributed by atoms with Gasteiger partial charge in [-0.3, -0.25) is 9.59 Å². The predicted molar refractivity (Wildman–Crippen MR) is 70.8 cm³/mol. The van der Waals surface area contributed by atoms with Crippen LogP contribution in [0.5, 0.6) is 0 Å². The molecule has 2 aromatic heterocycles. The third-order valence-corrected chi connectivity index (χ3v) is 2.77. The van der Waals surface area contributed by atoms with Gasteiger partial charge in [-0.1, -0.05) is 0 Å². The summed E-state index contributed by atoms with van der Waals surface area (Å²) in [6.07, 6.45) is 4.72. The van der Waals surface area contributed by atoms with Crippen LogP contribution < -0.4 is 5.32 Å². The minimum atomic E-state index is -0.337. The van der Waals surface area contributed by atoms with Gasteiger partial charge in [-0.15, -0.1) is 0 Å². The molecule has 0 aromatic carbocycles. The second-order valence-electron chi connectivity index (χ2n) is 4.40. The van der Waals surface area contributed by atoms with E-state index < -0.39 is 0 Å². The van der Waals surface area contributed by atoms with E-state index in [9.17, 15) is 9.59 Å². The van der Waals surface area contributed by atoms with Gasteiger partial charge in [0, 0.05) is 19.4 Å². The van der Waals surface area contributed by atoms with Crippen LogP contribution in [0.15, 0.2) is 35.2 Å². The zero-order valence-corrected chi connectivity index (χ0v) is 11.3. The molecule has 0 aliphatic carbocycles. The molecule has 0 saturated heterocycles. The lowest BCUT2D eigenvalue weighted by atomic mass is 10.3. The van der Waals surface area contributed by atoms with Gasteiger partial charge in [-0.05, 0) is 19.1 Å². The fourth-order valence-corrected chi connectivity index (χ4v) is 1.75. The van der Waals surface area contributed by atoms with Crippen molar-refractivity contribution >= 4 is 11.8 Å². The van der Waals surface area contributed by atoms with Crippen molar-refractivity contribution < 1.29 is 14.0 Å². The van der Waals surface area contributed by atoms with Crippen molar-refractivity contribution in [2.45, 2.75) is 13.0 Å². The lowest BCUT2D eigenvalue weighted by Crippen LogP contribution is -2.39. The zero-order valence-electron chi connectivity index (χ0n) is 11.3. The highest BCUT2D eigenvalue weighted by Crippen LogP contribution is 2.06. The number of rotatable bonds is 5. The molecule has 106 valence electrons. The maximum atomic E-state index is 11.9. The fraction of sp³-hybridized carbons (Fsp3) is 0.308. The van der Waals surface area contributed by atoms with Gasteiger partial charge in [0.05, 0.1) is 18.8 Å². The van der Waals surface area contributed by atoms with Crippen LogP contribution in [0.2, 0.25) is 0 Å². The Hall–Kier alpha value is -2.57. The molecule has 1 atom stereocenters. The minimum absolute atomic E-state index is 0.0510. The number of amides is 2. The van der Waals surface area contributed by atoms with E-state index in [1.807, 2.05) is 6.92 Å². The van der Waals surface area contributed by atoms with Crippen molar-refractivity contribution in [2.75, 3.05) is 13.6 Å². The Bertz CT molecular complexity index is 562. The first-order valence-corrected chi connectivity index (χ1v) is 6.15. The highest BCUT2D eigenvalue weighted by atomic mass is 16.3. The lowest BCUT2D eigenvalue weighted by molar-refractivity contribution is -0.122. The highest BCUT2D eigenvalue weighted by molar-refractivity contribution is 5.94. The maximum Gasteiger partial charge on any atom is 0.289 e. The number of hydrogen-bond donors (Lipinski definition) is 2. The van der Waals surface area contributed by atoms with Gasteiger partial charge >= 0.3 is 0 Å². The van der Waals surface area contributed by atoms with Crippen molar-refractivity contribution in [1.82, 2.24) is 20.2 Å². The summed E-state index contributed by atoms with van der Waals surface area (Å²) in [6, 6.07) is 2.94. The molecule has 2 rings (SSSR count). The minimum Gasteiger partial charge on any atom is -0.459 e. The number of furan rings is 1. The Morgan fingerprint density at radius 2 is 2.35 bits per heavy atom. The van der Waals surface area contributed by atoms with E-state index in [1.54, 1.807) is 31.6 Å². The second-order valence-corrected chi connectivity index (χ2v) is 4.40. The number of nitrogens with zero attached hydrogens (tertiary/aromatic N) is 2. The van der Waals surface area contributed by atoms with Gasteiger partial charge in [0.1, 0.15) is 5.82 Å². The van der Waals surface area contributed by atoms with E-state index in [4.69, 9.17) is 4.42 Å². The SMILES string of the molecule is CC(NC(=O)CN(C)C(=O)c1ccco1)c1ncc[nH]1. The van der Waals surface area contributed by atoms with Crippen LogP contribution in [0.25, 0.3) is 0 Å². The normalized spacial score (nSPS) is 11.9. The van der Waals surface area contributed by atoms with Crippen LogP contribution in [-0.4, -0.2) is 40.3 Å². The van der Waals surface area contributed by atoms with E-state index in [0.717, 1.165) is 0 Å². The number of aromatic nitrogens is 2. The van der Waals surface area contributed by atoms with E-state index in [-0.39, 0.29) is 30.2 Å². The first-order chi connectivity index (χ1) is 9.58. The Morgan fingerprint density at radius 3 is 2.95 bits per heavy atom. The molecular weight excluding hydrogens is 260 g/mol. The van der Waals surface area contributed by atoms with Crippen LogP contribution in [0.4, 0.5) is 0 Å². The number of aromatic amines is 1. The van der Waals surface area contributed by atoms with Crippen LogP contribution in [0.3, 0.4) is 0 Å². The molecule has 2 N–H and O–H groups in total. The molecule has 0 radical (unpaired) electrons. The molecule has 20 heavy (non-hydrogen) atoms. The largest absolute Gasteiger partial charge is 0.459 e. The smallest absolute Gasteiger partial charge is 0.289 e. The van der Waals surface area contributed by atoms with Crippen LogP contribution in [0, 0.1) is 0 Å². The molecule has 2 heterocycles. The van der Waals surface area contributed by atoms with Crippen molar-refractivity contribution in [3.8, 4) is 0 Å². The molecule has 0 spiro atoms. The standard InChI is InChI=1S/C13H16N4O3/c1-9(12-14-5-6-15-12)16-11(18)8-17(2)13(19)10-4-3-7-20-10/h3-7,9H,8H2,1-2H3,(H,14,15)(H,16,18). The topological polar surface area (TPSA) is 91.2 Å².